The number of carbonyl (C=O) groups excluding carboxylic acids is 1. The van der Waals surface area contributed by atoms with E-state index in [2.05, 4.69) is 4.98 Å². The van der Waals surface area contributed by atoms with Gasteiger partial charge in [0.2, 0.25) is 0 Å². The highest BCUT2D eigenvalue weighted by atomic mass is 16.3. The van der Waals surface area contributed by atoms with Gasteiger partial charge in [0, 0.05) is 19.2 Å². The van der Waals surface area contributed by atoms with Crippen LogP contribution in [0.15, 0.2) is 27.7 Å². The van der Waals surface area contributed by atoms with Crippen molar-refractivity contribution in [1.82, 2.24) is 14.5 Å². The zero-order chi connectivity index (χ0) is 14.3. The molecular formula is C14H15N3O3. The van der Waals surface area contributed by atoms with Crippen LogP contribution >= 0.6 is 0 Å². The first-order chi connectivity index (χ1) is 9.56. The van der Waals surface area contributed by atoms with Crippen molar-refractivity contribution in [1.29, 1.82) is 0 Å². The van der Waals surface area contributed by atoms with Gasteiger partial charge >= 0.3 is 0 Å². The van der Waals surface area contributed by atoms with E-state index >= 15 is 0 Å². The van der Waals surface area contributed by atoms with Crippen molar-refractivity contribution in [3.8, 4) is 0 Å². The lowest BCUT2D eigenvalue weighted by Crippen LogP contribution is -2.39. The SMILES string of the molecule is Cc1ccc(C(=O)N2CCc3c(ncn(C)c3=O)C2)o1. The molecule has 3 rings (SSSR count). The Morgan fingerprint density at radius 3 is 2.90 bits per heavy atom. The molecule has 0 aliphatic carbocycles. The van der Waals surface area contributed by atoms with Gasteiger partial charge in [-0.2, -0.15) is 0 Å². The van der Waals surface area contributed by atoms with Crippen molar-refractivity contribution < 1.29 is 9.21 Å². The molecule has 0 radical (unpaired) electrons. The molecule has 0 spiro atoms. The number of rotatable bonds is 1. The second kappa shape index (κ2) is 4.63. The van der Waals surface area contributed by atoms with Gasteiger partial charge in [-0.15, -0.1) is 0 Å². The molecule has 0 bridgehead atoms. The van der Waals surface area contributed by atoms with E-state index in [0.29, 0.717) is 42.3 Å². The van der Waals surface area contributed by atoms with Crippen LogP contribution in [-0.4, -0.2) is 26.9 Å². The molecule has 3 heterocycles. The molecule has 2 aromatic heterocycles. The number of amides is 1. The van der Waals surface area contributed by atoms with Gasteiger partial charge in [0.15, 0.2) is 5.76 Å². The quantitative estimate of drug-likeness (QED) is 0.773. The van der Waals surface area contributed by atoms with Crippen molar-refractivity contribution in [2.24, 2.45) is 7.05 Å². The van der Waals surface area contributed by atoms with Crippen LogP contribution < -0.4 is 5.56 Å². The first kappa shape index (κ1) is 12.7. The summed E-state index contributed by atoms with van der Waals surface area (Å²) in [6.45, 7) is 2.66. The fourth-order valence-electron chi connectivity index (χ4n) is 2.40. The maximum Gasteiger partial charge on any atom is 0.289 e. The van der Waals surface area contributed by atoms with E-state index in [1.807, 2.05) is 0 Å². The third-order valence-corrected chi connectivity index (χ3v) is 3.52. The highest BCUT2D eigenvalue weighted by Gasteiger charge is 2.26. The first-order valence-corrected chi connectivity index (χ1v) is 6.45. The zero-order valence-electron chi connectivity index (χ0n) is 11.4. The fourth-order valence-corrected chi connectivity index (χ4v) is 2.40. The Labute approximate surface area is 115 Å². The minimum absolute atomic E-state index is 0.0315. The molecule has 0 saturated carbocycles. The molecule has 2 aromatic rings. The largest absolute Gasteiger partial charge is 0.456 e. The molecule has 6 heteroatoms. The number of furan rings is 1. The summed E-state index contributed by atoms with van der Waals surface area (Å²) in [4.78, 5) is 30.2. The average Bonchev–Trinajstić information content (AvgIpc) is 2.88. The zero-order valence-corrected chi connectivity index (χ0v) is 11.4. The van der Waals surface area contributed by atoms with E-state index in [0.717, 1.165) is 0 Å². The third-order valence-electron chi connectivity index (χ3n) is 3.52. The molecule has 1 aliphatic rings. The standard InChI is InChI=1S/C14H15N3O3/c1-9-3-4-12(20-9)14(19)17-6-5-10-11(7-17)15-8-16(2)13(10)18/h3-4,8H,5-7H2,1-2H3. The molecule has 0 saturated heterocycles. The second-order valence-electron chi connectivity index (χ2n) is 4.97. The lowest BCUT2D eigenvalue weighted by atomic mass is 10.1. The number of aryl methyl sites for hydroxylation is 2. The van der Waals surface area contributed by atoms with Gasteiger partial charge in [0.1, 0.15) is 5.76 Å². The Kier molecular flexibility index (Phi) is 2.93. The van der Waals surface area contributed by atoms with Crippen LogP contribution in [-0.2, 0) is 20.0 Å². The van der Waals surface area contributed by atoms with E-state index in [4.69, 9.17) is 4.42 Å². The Balaban J connectivity index is 1.88. The van der Waals surface area contributed by atoms with Crippen LogP contribution in [0.25, 0.3) is 0 Å². The summed E-state index contributed by atoms with van der Waals surface area (Å²) >= 11 is 0. The van der Waals surface area contributed by atoms with E-state index in [-0.39, 0.29) is 11.5 Å². The molecule has 1 amide bonds. The van der Waals surface area contributed by atoms with Gasteiger partial charge in [-0.25, -0.2) is 4.98 Å². The fraction of sp³-hybridized carbons (Fsp3) is 0.357. The van der Waals surface area contributed by atoms with Gasteiger partial charge in [-0.05, 0) is 25.5 Å². The van der Waals surface area contributed by atoms with Crippen molar-refractivity contribution in [2.45, 2.75) is 19.9 Å². The predicted octanol–water partition coefficient (Wildman–Crippen LogP) is 0.880. The summed E-state index contributed by atoms with van der Waals surface area (Å²) in [7, 11) is 1.68. The summed E-state index contributed by atoms with van der Waals surface area (Å²) in [6, 6.07) is 3.43. The van der Waals surface area contributed by atoms with E-state index in [1.165, 1.54) is 10.9 Å². The highest BCUT2D eigenvalue weighted by Crippen LogP contribution is 2.17. The highest BCUT2D eigenvalue weighted by molar-refractivity contribution is 5.91. The summed E-state index contributed by atoms with van der Waals surface area (Å²) in [5.41, 5.74) is 1.35. The summed E-state index contributed by atoms with van der Waals surface area (Å²) in [5, 5.41) is 0. The normalized spacial score (nSPS) is 14.2. The maximum absolute atomic E-state index is 12.3. The number of hydrogen-bond donors (Lipinski definition) is 0. The lowest BCUT2D eigenvalue weighted by molar-refractivity contribution is 0.0697. The molecule has 0 aromatic carbocycles. The van der Waals surface area contributed by atoms with Crippen LogP contribution in [0.4, 0.5) is 0 Å². The van der Waals surface area contributed by atoms with Gasteiger partial charge in [-0.3, -0.25) is 9.59 Å². The lowest BCUT2D eigenvalue weighted by Gasteiger charge is -2.27. The van der Waals surface area contributed by atoms with Gasteiger partial charge in [0.25, 0.3) is 11.5 Å². The Morgan fingerprint density at radius 1 is 1.40 bits per heavy atom. The van der Waals surface area contributed by atoms with E-state index in [1.54, 1.807) is 31.0 Å². The van der Waals surface area contributed by atoms with Crippen molar-refractivity contribution in [3.63, 3.8) is 0 Å². The van der Waals surface area contributed by atoms with Gasteiger partial charge in [0.05, 0.1) is 18.6 Å². The molecule has 0 unspecified atom stereocenters. The molecule has 1 aliphatic heterocycles. The number of carbonyl (C=O) groups is 1. The maximum atomic E-state index is 12.3. The van der Waals surface area contributed by atoms with Gasteiger partial charge < -0.3 is 13.9 Å². The van der Waals surface area contributed by atoms with Crippen LogP contribution in [0.2, 0.25) is 0 Å². The molecule has 6 nitrogen and oxygen atoms in total. The number of aromatic nitrogens is 2. The summed E-state index contributed by atoms with van der Waals surface area (Å²) < 4.78 is 6.82. The van der Waals surface area contributed by atoms with Crippen LogP contribution in [0.1, 0.15) is 27.6 Å². The molecular weight excluding hydrogens is 258 g/mol. The number of fused-ring (bicyclic) bond motifs is 1. The molecule has 20 heavy (non-hydrogen) atoms. The van der Waals surface area contributed by atoms with Crippen molar-refractivity contribution in [2.75, 3.05) is 6.54 Å². The Bertz CT molecular complexity index is 730. The van der Waals surface area contributed by atoms with Crippen LogP contribution in [0.5, 0.6) is 0 Å². The smallest absolute Gasteiger partial charge is 0.289 e. The second-order valence-corrected chi connectivity index (χ2v) is 4.97. The molecule has 0 atom stereocenters. The van der Waals surface area contributed by atoms with Crippen LogP contribution in [0, 0.1) is 6.92 Å². The van der Waals surface area contributed by atoms with Crippen LogP contribution in [0.3, 0.4) is 0 Å². The van der Waals surface area contributed by atoms with Crippen molar-refractivity contribution in [3.05, 3.63) is 51.6 Å². The topological polar surface area (TPSA) is 68.3 Å². The van der Waals surface area contributed by atoms with Crippen molar-refractivity contribution >= 4 is 5.91 Å². The summed E-state index contributed by atoms with van der Waals surface area (Å²) in [5.74, 6) is 0.874. The minimum Gasteiger partial charge on any atom is -0.456 e. The Hall–Kier alpha value is -2.37. The van der Waals surface area contributed by atoms with Gasteiger partial charge in [-0.1, -0.05) is 0 Å². The average molecular weight is 273 g/mol. The monoisotopic (exact) mass is 273 g/mol. The summed E-state index contributed by atoms with van der Waals surface area (Å²) in [6.07, 6.45) is 2.02. The van der Waals surface area contributed by atoms with E-state index in [9.17, 15) is 9.59 Å². The Morgan fingerprint density at radius 2 is 2.20 bits per heavy atom. The third kappa shape index (κ3) is 2.03. The van der Waals surface area contributed by atoms with E-state index < -0.39 is 0 Å². The molecule has 0 fully saturated rings. The first-order valence-electron chi connectivity index (χ1n) is 6.45. The molecule has 0 N–H and O–H groups in total. The predicted molar refractivity (Wildman–Crippen MR) is 71.4 cm³/mol. The minimum atomic E-state index is -0.161. The number of nitrogens with zero attached hydrogens (tertiary/aromatic N) is 3. The molecule has 104 valence electrons. The number of hydrogen-bond acceptors (Lipinski definition) is 4.